The van der Waals surface area contributed by atoms with Crippen molar-refractivity contribution in [1.82, 2.24) is 15.5 Å². The van der Waals surface area contributed by atoms with Crippen LogP contribution in [0.15, 0.2) is 30.3 Å². The molecule has 0 saturated carbocycles. The minimum Gasteiger partial charge on any atom is -0.308 e. The lowest BCUT2D eigenvalue weighted by molar-refractivity contribution is 0.589. The van der Waals surface area contributed by atoms with E-state index in [4.69, 9.17) is 0 Å². The highest BCUT2D eigenvalue weighted by molar-refractivity contribution is 7.11. The molecule has 1 N–H and O–H groups in total. The molecular weight excluding hydrogens is 242 g/mol. The van der Waals surface area contributed by atoms with Gasteiger partial charge in [0, 0.05) is 6.42 Å². The topological polar surface area (TPSA) is 37.8 Å². The largest absolute Gasteiger partial charge is 0.308 e. The SMILES string of the molecule is CCNC(C)c1nnc(CCc2ccccc2)s1. The van der Waals surface area contributed by atoms with Gasteiger partial charge in [0.25, 0.3) is 0 Å². The van der Waals surface area contributed by atoms with Crippen LogP contribution in [0.4, 0.5) is 0 Å². The average molecular weight is 261 g/mol. The minimum atomic E-state index is 0.304. The van der Waals surface area contributed by atoms with Crippen LogP contribution >= 0.6 is 11.3 Å². The van der Waals surface area contributed by atoms with Crippen molar-refractivity contribution in [1.29, 1.82) is 0 Å². The van der Waals surface area contributed by atoms with Gasteiger partial charge in [0.15, 0.2) is 0 Å². The molecule has 2 rings (SSSR count). The Morgan fingerprint density at radius 3 is 2.67 bits per heavy atom. The molecule has 0 aliphatic heterocycles. The highest BCUT2D eigenvalue weighted by atomic mass is 32.1. The number of nitrogens with zero attached hydrogens (tertiary/aromatic N) is 2. The van der Waals surface area contributed by atoms with E-state index in [0.29, 0.717) is 6.04 Å². The van der Waals surface area contributed by atoms with Crippen molar-refractivity contribution < 1.29 is 0 Å². The van der Waals surface area contributed by atoms with Gasteiger partial charge in [-0.2, -0.15) is 0 Å². The number of hydrogen-bond donors (Lipinski definition) is 1. The maximum absolute atomic E-state index is 4.26. The van der Waals surface area contributed by atoms with Crippen molar-refractivity contribution in [3.63, 3.8) is 0 Å². The van der Waals surface area contributed by atoms with E-state index in [-0.39, 0.29) is 0 Å². The quantitative estimate of drug-likeness (QED) is 0.868. The van der Waals surface area contributed by atoms with Gasteiger partial charge in [-0.3, -0.25) is 0 Å². The van der Waals surface area contributed by atoms with Crippen molar-refractivity contribution in [3.8, 4) is 0 Å². The Morgan fingerprint density at radius 1 is 1.17 bits per heavy atom. The van der Waals surface area contributed by atoms with Crippen LogP contribution in [0, 0.1) is 0 Å². The van der Waals surface area contributed by atoms with Gasteiger partial charge in [-0.15, -0.1) is 10.2 Å². The van der Waals surface area contributed by atoms with E-state index in [1.807, 2.05) is 6.07 Å². The van der Waals surface area contributed by atoms with E-state index < -0.39 is 0 Å². The molecule has 0 spiro atoms. The second-order valence-electron chi connectivity index (χ2n) is 4.30. The summed E-state index contributed by atoms with van der Waals surface area (Å²) < 4.78 is 0. The predicted octanol–water partition coefficient (Wildman–Crippen LogP) is 2.99. The van der Waals surface area contributed by atoms with Gasteiger partial charge in [0.05, 0.1) is 6.04 Å². The lowest BCUT2D eigenvalue weighted by Crippen LogP contribution is -2.17. The predicted molar refractivity (Wildman–Crippen MR) is 75.9 cm³/mol. The summed E-state index contributed by atoms with van der Waals surface area (Å²) in [4.78, 5) is 0. The Morgan fingerprint density at radius 2 is 1.94 bits per heavy atom. The smallest absolute Gasteiger partial charge is 0.134 e. The molecular formula is C14H19N3S. The Hall–Kier alpha value is -1.26. The summed E-state index contributed by atoms with van der Waals surface area (Å²) in [6, 6.07) is 10.8. The summed E-state index contributed by atoms with van der Waals surface area (Å²) in [5.74, 6) is 0. The molecule has 0 saturated heterocycles. The molecule has 1 aromatic carbocycles. The Kier molecular flexibility index (Phi) is 4.84. The zero-order valence-electron chi connectivity index (χ0n) is 10.9. The van der Waals surface area contributed by atoms with E-state index in [2.05, 4.69) is 53.6 Å². The zero-order valence-corrected chi connectivity index (χ0v) is 11.7. The summed E-state index contributed by atoms with van der Waals surface area (Å²) in [7, 11) is 0. The zero-order chi connectivity index (χ0) is 12.8. The van der Waals surface area contributed by atoms with Gasteiger partial charge in [-0.1, -0.05) is 48.6 Å². The van der Waals surface area contributed by atoms with E-state index in [0.717, 1.165) is 29.4 Å². The molecule has 0 fully saturated rings. The van der Waals surface area contributed by atoms with Crippen molar-refractivity contribution in [2.45, 2.75) is 32.7 Å². The third-order valence-electron chi connectivity index (χ3n) is 2.83. The molecule has 0 bridgehead atoms. The molecule has 1 atom stereocenters. The van der Waals surface area contributed by atoms with E-state index in [1.54, 1.807) is 11.3 Å². The Labute approximate surface area is 112 Å². The number of hydrogen-bond acceptors (Lipinski definition) is 4. The molecule has 0 radical (unpaired) electrons. The lowest BCUT2D eigenvalue weighted by atomic mass is 10.1. The molecule has 0 aliphatic rings. The van der Waals surface area contributed by atoms with Gasteiger partial charge in [-0.25, -0.2) is 0 Å². The number of rotatable bonds is 6. The van der Waals surface area contributed by atoms with Crippen molar-refractivity contribution >= 4 is 11.3 Å². The van der Waals surface area contributed by atoms with Crippen LogP contribution in [-0.4, -0.2) is 16.7 Å². The normalized spacial score (nSPS) is 12.6. The first-order valence-electron chi connectivity index (χ1n) is 6.39. The van der Waals surface area contributed by atoms with Gasteiger partial charge in [-0.05, 0) is 25.5 Å². The van der Waals surface area contributed by atoms with E-state index in [1.165, 1.54) is 5.56 Å². The number of aromatic nitrogens is 2. The van der Waals surface area contributed by atoms with Crippen LogP contribution in [0.25, 0.3) is 0 Å². The first kappa shape index (κ1) is 13.2. The monoisotopic (exact) mass is 261 g/mol. The third kappa shape index (κ3) is 3.62. The highest BCUT2D eigenvalue weighted by Gasteiger charge is 2.10. The summed E-state index contributed by atoms with van der Waals surface area (Å²) in [6.07, 6.45) is 2.01. The van der Waals surface area contributed by atoms with Crippen molar-refractivity contribution in [3.05, 3.63) is 45.9 Å². The minimum absolute atomic E-state index is 0.304. The Bertz CT molecular complexity index is 467. The van der Waals surface area contributed by atoms with Gasteiger partial charge < -0.3 is 5.32 Å². The molecule has 2 aromatic rings. The molecule has 1 aromatic heterocycles. The molecule has 0 aliphatic carbocycles. The van der Waals surface area contributed by atoms with Crippen LogP contribution in [-0.2, 0) is 12.8 Å². The summed E-state index contributed by atoms with van der Waals surface area (Å²) in [5, 5.41) is 14.1. The maximum Gasteiger partial charge on any atom is 0.134 e. The molecule has 4 heteroatoms. The molecule has 96 valence electrons. The summed E-state index contributed by atoms with van der Waals surface area (Å²) in [6.45, 7) is 5.19. The van der Waals surface area contributed by atoms with Gasteiger partial charge >= 0.3 is 0 Å². The van der Waals surface area contributed by atoms with Crippen molar-refractivity contribution in [2.75, 3.05) is 6.54 Å². The first-order valence-corrected chi connectivity index (χ1v) is 7.21. The molecule has 3 nitrogen and oxygen atoms in total. The van der Waals surface area contributed by atoms with E-state index >= 15 is 0 Å². The molecule has 18 heavy (non-hydrogen) atoms. The second-order valence-corrected chi connectivity index (χ2v) is 5.39. The summed E-state index contributed by atoms with van der Waals surface area (Å²) >= 11 is 1.72. The third-order valence-corrected chi connectivity index (χ3v) is 4.00. The standard InChI is InChI=1S/C14H19N3S/c1-3-15-11(2)14-17-16-13(18-14)10-9-12-7-5-4-6-8-12/h4-8,11,15H,3,9-10H2,1-2H3. The fourth-order valence-corrected chi connectivity index (χ4v) is 2.70. The Balaban J connectivity index is 1.91. The maximum atomic E-state index is 4.26. The van der Waals surface area contributed by atoms with Crippen LogP contribution in [0.1, 0.15) is 35.5 Å². The van der Waals surface area contributed by atoms with Gasteiger partial charge in [0.1, 0.15) is 10.0 Å². The van der Waals surface area contributed by atoms with Gasteiger partial charge in [0.2, 0.25) is 0 Å². The average Bonchev–Trinajstić information content (AvgIpc) is 2.87. The molecule has 0 amide bonds. The lowest BCUT2D eigenvalue weighted by Gasteiger charge is -2.06. The fourth-order valence-electron chi connectivity index (χ4n) is 1.83. The number of aryl methyl sites for hydroxylation is 2. The number of nitrogens with one attached hydrogen (secondary N) is 1. The highest BCUT2D eigenvalue weighted by Crippen LogP contribution is 2.18. The second kappa shape index (κ2) is 6.61. The van der Waals surface area contributed by atoms with Crippen LogP contribution in [0.3, 0.4) is 0 Å². The van der Waals surface area contributed by atoms with E-state index in [9.17, 15) is 0 Å². The van der Waals surface area contributed by atoms with Crippen LogP contribution in [0.2, 0.25) is 0 Å². The molecule has 1 heterocycles. The van der Waals surface area contributed by atoms with Crippen LogP contribution in [0.5, 0.6) is 0 Å². The summed E-state index contributed by atoms with van der Waals surface area (Å²) in [5.41, 5.74) is 1.36. The fraction of sp³-hybridized carbons (Fsp3) is 0.429. The van der Waals surface area contributed by atoms with Crippen LogP contribution < -0.4 is 5.32 Å². The molecule has 1 unspecified atom stereocenters. The first-order chi connectivity index (χ1) is 8.79. The van der Waals surface area contributed by atoms with Crippen molar-refractivity contribution in [2.24, 2.45) is 0 Å². The number of benzene rings is 1.